The molecule has 0 aliphatic carbocycles. The van der Waals surface area contributed by atoms with E-state index >= 15 is 0 Å². The Hall–Kier alpha value is -0.260. The van der Waals surface area contributed by atoms with Crippen molar-refractivity contribution in [1.82, 2.24) is 0 Å². The standard InChI is InChI=1S/C11H23NO3S/c1-4-15-10(13)11(2,12)6-9-16-8-5-7-14-3/h4-9,12H2,1-3H3. The second kappa shape index (κ2) is 8.84. The van der Waals surface area contributed by atoms with Crippen LogP contribution in [-0.2, 0) is 14.3 Å². The van der Waals surface area contributed by atoms with Gasteiger partial charge in [0.25, 0.3) is 0 Å². The van der Waals surface area contributed by atoms with Crippen molar-refractivity contribution < 1.29 is 14.3 Å². The zero-order chi connectivity index (χ0) is 12.4. The molecule has 0 saturated heterocycles. The van der Waals surface area contributed by atoms with E-state index in [1.165, 1.54) is 0 Å². The van der Waals surface area contributed by atoms with Crippen LogP contribution in [0.5, 0.6) is 0 Å². The molecule has 5 heteroatoms. The summed E-state index contributed by atoms with van der Waals surface area (Å²) >= 11 is 1.79. The van der Waals surface area contributed by atoms with Crippen molar-refractivity contribution in [2.24, 2.45) is 5.73 Å². The first kappa shape index (κ1) is 15.7. The Kier molecular flexibility index (Phi) is 8.70. The first-order valence-electron chi connectivity index (χ1n) is 5.57. The molecule has 0 amide bonds. The monoisotopic (exact) mass is 249 g/mol. The van der Waals surface area contributed by atoms with Gasteiger partial charge in [-0.15, -0.1) is 0 Å². The van der Waals surface area contributed by atoms with Crippen LogP contribution in [0.1, 0.15) is 26.7 Å². The van der Waals surface area contributed by atoms with Gasteiger partial charge in [-0.1, -0.05) is 0 Å². The van der Waals surface area contributed by atoms with E-state index in [2.05, 4.69) is 0 Å². The highest BCUT2D eigenvalue weighted by Crippen LogP contribution is 2.14. The highest BCUT2D eigenvalue weighted by Gasteiger charge is 2.29. The van der Waals surface area contributed by atoms with Crippen molar-refractivity contribution in [2.45, 2.75) is 32.2 Å². The summed E-state index contributed by atoms with van der Waals surface area (Å²) in [6, 6.07) is 0. The summed E-state index contributed by atoms with van der Waals surface area (Å²) < 4.78 is 9.86. The number of methoxy groups -OCH3 is 1. The number of rotatable bonds is 9. The molecule has 2 N–H and O–H groups in total. The van der Waals surface area contributed by atoms with Crippen LogP contribution >= 0.6 is 11.8 Å². The maximum absolute atomic E-state index is 11.5. The SMILES string of the molecule is CCOC(=O)C(C)(N)CCSCCCOC. The molecule has 0 aromatic carbocycles. The van der Waals surface area contributed by atoms with Crippen LogP contribution in [-0.4, -0.2) is 43.3 Å². The molecule has 0 rings (SSSR count). The Bertz CT molecular complexity index is 198. The highest BCUT2D eigenvalue weighted by atomic mass is 32.2. The first-order chi connectivity index (χ1) is 7.54. The lowest BCUT2D eigenvalue weighted by atomic mass is 10.0. The van der Waals surface area contributed by atoms with E-state index in [9.17, 15) is 4.79 Å². The third-order valence-electron chi connectivity index (χ3n) is 2.14. The lowest BCUT2D eigenvalue weighted by molar-refractivity contribution is -0.149. The molecule has 96 valence electrons. The number of hydrogen-bond acceptors (Lipinski definition) is 5. The zero-order valence-corrected chi connectivity index (χ0v) is 11.3. The van der Waals surface area contributed by atoms with Gasteiger partial charge in [0, 0.05) is 13.7 Å². The summed E-state index contributed by atoms with van der Waals surface area (Å²) in [5, 5.41) is 0. The predicted octanol–water partition coefficient (Wildman–Crippen LogP) is 1.43. The van der Waals surface area contributed by atoms with Crippen molar-refractivity contribution >= 4 is 17.7 Å². The molecule has 0 aliphatic heterocycles. The Morgan fingerprint density at radius 1 is 1.44 bits per heavy atom. The third-order valence-corrected chi connectivity index (χ3v) is 3.21. The molecule has 0 aliphatic rings. The van der Waals surface area contributed by atoms with Crippen LogP contribution in [0, 0.1) is 0 Å². The van der Waals surface area contributed by atoms with Gasteiger partial charge >= 0.3 is 5.97 Å². The molecule has 0 bridgehead atoms. The Labute approximate surface area is 102 Å². The Morgan fingerprint density at radius 3 is 2.69 bits per heavy atom. The topological polar surface area (TPSA) is 61.5 Å². The second-order valence-electron chi connectivity index (χ2n) is 3.85. The molecule has 0 spiro atoms. The minimum atomic E-state index is -0.857. The van der Waals surface area contributed by atoms with Crippen LogP contribution in [0.4, 0.5) is 0 Å². The van der Waals surface area contributed by atoms with Gasteiger partial charge in [0.1, 0.15) is 5.54 Å². The predicted molar refractivity (Wildman–Crippen MR) is 67.7 cm³/mol. The number of nitrogens with two attached hydrogens (primary N) is 1. The van der Waals surface area contributed by atoms with Crippen molar-refractivity contribution in [1.29, 1.82) is 0 Å². The van der Waals surface area contributed by atoms with E-state index in [1.807, 2.05) is 0 Å². The minimum absolute atomic E-state index is 0.313. The molecule has 0 aromatic rings. The number of esters is 1. The maximum atomic E-state index is 11.5. The largest absolute Gasteiger partial charge is 0.465 e. The zero-order valence-electron chi connectivity index (χ0n) is 10.5. The van der Waals surface area contributed by atoms with Gasteiger partial charge < -0.3 is 15.2 Å². The van der Waals surface area contributed by atoms with E-state index in [4.69, 9.17) is 15.2 Å². The van der Waals surface area contributed by atoms with E-state index in [-0.39, 0.29) is 5.97 Å². The number of thioether (sulfide) groups is 1. The molecule has 0 fully saturated rings. The lowest BCUT2D eigenvalue weighted by Gasteiger charge is -2.21. The molecule has 0 heterocycles. The van der Waals surface area contributed by atoms with Gasteiger partial charge in [0.15, 0.2) is 0 Å². The van der Waals surface area contributed by atoms with E-state index in [0.717, 1.165) is 24.5 Å². The van der Waals surface area contributed by atoms with Gasteiger partial charge in [-0.05, 0) is 38.2 Å². The summed E-state index contributed by atoms with van der Waals surface area (Å²) in [4.78, 5) is 11.5. The smallest absolute Gasteiger partial charge is 0.325 e. The number of hydrogen-bond donors (Lipinski definition) is 1. The summed E-state index contributed by atoms with van der Waals surface area (Å²) in [6.07, 6.45) is 1.67. The molecule has 16 heavy (non-hydrogen) atoms. The number of carbonyl (C=O) groups is 1. The number of carbonyl (C=O) groups excluding carboxylic acids is 1. The van der Waals surface area contributed by atoms with E-state index < -0.39 is 5.54 Å². The van der Waals surface area contributed by atoms with Crippen molar-refractivity contribution in [3.05, 3.63) is 0 Å². The third kappa shape index (κ3) is 7.09. The van der Waals surface area contributed by atoms with Crippen LogP contribution < -0.4 is 5.73 Å². The molecule has 0 radical (unpaired) electrons. The molecule has 1 unspecified atom stereocenters. The quantitative estimate of drug-likeness (QED) is 0.495. The summed E-state index contributed by atoms with van der Waals surface area (Å²) in [7, 11) is 1.70. The fraction of sp³-hybridized carbons (Fsp3) is 0.909. The summed E-state index contributed by atoms with van der Waals surface area (Å²) in [6.45, 7) is 4.67. The Morgan fingerprint density at radius 2 is 2.12 bits per heavy atom. The van der Waals surface area contributed by atoms with Crippen molar-refractivity contribution in [2.75, 3.05) is 31.8 Å². The van der Waals surface area contributed by atoms with E-state index in [1.54, 1.807) is 32.7 Å². The highest BCUT2D eigenvalue weighted by molar-refractivity contribution is 7.99. The van der Waals surface area contributed by atoms with E-state index in [0.29, 0.717) is 13.0 Å². The van der Waals surface area contributed by atoms with Crippen LogP contribution in [0.3, 0.4) is 0 Å². The van der Waals surface area contributed by atoms with Crippen molar-refractivity contribution in [3.63, 3.8) is 0 Å². The van der Waals surface area contributed by atoms with Gasteiger partial charge in [-0.2, -0.15) is 11.8 Å². The van der Waals surface area contributed by atoms with Gasteiger partial charge in [0.2, 0.25) is 0 Å². The molecular formula is C11H23NO3S. The first-order valence-corrected chi connectivity index (χ1v) is 6.73. The minimum Gasteiger partial charge on any atom is -0.465 e. The average Bonchev–Trinajstić information content (AvgIpc) is 2.23. The van der Waals surface area contributed by atoms with Gasteiger partial charge in [-0.3, -0.25) is 4.79 Å². The van der Waals surface area contributed by atoms with Crippen LogP contribution in [0.25, 0.3) is 0 Å². The van der Waals surface area contributed by atoms with Crippen LogP contribution in [0.15, 0.2) is 0 Å². The average molecular weight is 249 g/mol. The lowest BCUT2D eigenvalue weighted by Crippen LogP contribution is -2.46. The maximum Gasteiger partial charge on any atom is 0.325 e. The Balaban J connectivity index is 3.61. The molecule has 1 atom stereocenters. The van der Waals surface area contributed by atoms with Crippen molar-refractivity contribution in [3.8, 4) is 0 Å². The van der Waals surface area contributed by atoms with Gasteiger partial charge in [0.05, 0.1) is 6.61 Å². The summed E-state index contributed by atoms with van der Waals surface area (Å²) in [5.74, 6) is 1.59. The fourth-order valence-electron chi connectivity index (χ4n) is 1.09. The van der Waals surface area contributed by atoms with Gasteiger partial charge in [-0.25, -0.2) is 0 Å². The second-order valence-corrected chi connectivity index (χ2v) is 5.07. The fourth-order valence-corrected chi connectivity index (χ4v) is 2.18. The summed E-state index contributed by atoms with van der Waals surface area (Å²) in [5.41, 5.74) is 5.02. The number of ether oxygens (including phenoxy) is 2. The molecule has 4 nitrogen and oxygen atoms in total. The molecule has 0 saturated carbocycles. The molecular weight excluding hydrogens is 226 g/mol. The molecule has 0 aromatic heterocycles. The van der Waals surface area contributed by atoms with Crippen LogP contribution in [0.2, 0.25) is 0 Å². The normalized spacial score (nSPS) is 14.5.